The highest BCUT2D eigenvalue weighted by molar-refractivity contribution is 5.13. The number of rotatable bonds is 14. The van der Waals surface area contributed by atoms with E-state index in [0.717, 1.165) is 17.6 Å². The molecule has 0 heterocycles. The van der Waals surface area contributed by atoms with Crippen LogP contribution in [0.5, 0.6) is 0 Å². The third-order valence-corrected chi connectivity index (χ3v) is 4.85. The van der Waals surface area contributed by atoms with Gasteiger partial charge in [0, 0.05) is 5.56 Å². The van der Waals surface area contributed by atoms with Crippen LogP contribution in [-0.2, 0) is 6.54 Å². The van der Waals surface area contributed by atoms with Crippen molar-refractivity contribution in [2.45, 2.75) is 71.3 Å². The summed E-state index contributed by atoms with van der Waals surface area (Å²) in [4.78, 5) is 0. The first-order chi connectivity index (χ1) is 11.2. The van der Waals surface area contributed by atoms with Gasteiger partial charge < -0.3 is 9.59 Å². The highest BCUT2D eigenvalue weighted by atomic mass is 16.3. The van der Waals surface area contributed by atoms with Crippen molar-refractivity contribution in [1.29, 1.82) is 0 Å². The summed E-state index contributed by atoms with van der Waals surface area (Å²) in [5, 5.41) is 9.41. The Kier molecular flexibility index (Phi) is 11.0. The molecular formula is C21H38NO+. The number of unbranched alkanes of at least 4 members (excludes halogenated alkanes) is 8. The molecule has 0 fully saturated rings. The van der Waals surface area contributed by atoms with Crippen molar-refractivity contribution in [2.75, 3.05) is 26.7 Å². The number of benzene rings is 1. The molecular weight excluding hydrogens is 282 g/mol. The van der Waals surface area contributed by atoms with Gasteiger partial charge in [0.2, 0.25) is 0 Å². The molecule has 0 aliphatic heterocycles. The van der Waals surface area contributed by atoms with Gasteiger partial charge >= 0.3 is 0 Å². The minimum absolute atomic E-state index is 0.279. The van der Waals surface area contributed by atoms with Gasteiger partial charge in [-0.2, -0.15) is 0 Å². The van der Waals surface area contributed by atoms with E-state index >= 15 is 0 Å². The molecule has 132 valence electrons. The largest absolute Gasteiger partial charge is 0.391 e. The van der Waals surface area contributed by atoms with Gasteiger partial charge in [0.15, 0.2) is 0 Å². The summed E-state index contributed by atoms with van der Waals surface area (Å²) in [6.07, 6.45) is 12.4. The Balaban J connectivity index is 2.20. The summed E-state index contributed by atoms with van der Waals surface area (Å²) >= 11 is 0. The SMILES string of the molecule is CCCCCCCCCCC[N+](C)(CCO)Cc1ccccc1. The minimum Gasteiger partial charge on any atom is -0.391 e. The lowest BCUT2D eigenvalue weighted by Crippen LogP contribution is -2.46. The number of nitrogens with zero attached hydrogens (tertiary/aromatic N) is 1. The molecule has 0 aliphatic carbocycles. The first kappa shape index (κ1) is 20.2. The zero-order valence-electron chi connectivity index (χ0n) is 15.5. The van der Waals surface area contributed by atoms with Crippen LogP contribution in [0.25, 0.3) is 0 Å². The summed E-state index contributed by atoms with van der Waals surface area (Å²) in [6.45, 7) is 5.60. The van der Waals surface area contributed by atoms with Gasteiger partial charge in [-0.3, -0.25) is 0 Å². The molecule has 0 radical (unpaired) electrons. The minimum atomic E-state index is 0.279. The molecule has 0 spiro atoms. The van der Waals surface area contributed by atoms with Gasteiger partial charge in [0.25, 0.3) is 0 Å². The van der Waals surface area contributed by atoms with E-state index < -0.39 is 0 Å². The zero-order chi connectivity index (χ0) is 16.8. The second-order valence-corrected chi connectivity index (χ2v) is 7.26. The highest BCUT2D eigenvalue weighted by Crippen LogP contribution is 2.15. The lowest BCUT2D eigenvalue weighted by Gasteiger charge is -2.34. The fourth-order valence-electron chi connectivity index (χ4n) is 3.34. The first-order valence-corrected chi connectivity index (χ1v) is 9.68. The molecule has 0 saturated heterocycles. The molecule has 1 atom stereocenters. The van der Waals surface area contributed by atoms with Crippen molar-refractivity contribution < 1.29 is 9.59 Å². The molecule has 0 bridgehead atoms. The molecule has 2 heteroatoms. The van der Waals surface area contributed by atoms with Crippen molar-refractivity contribution in [2.24, 2.45) is 0 Å². The Morgan fingerprint density at radius 1 is 0.783 bits per heavy atom. The fraction of sp³-hybridized carbons (Fsp3) is 0.714. The summed E-state index contributed by atoms with van der Waals surface area (Å²) in [5.41, 5.74) is 1.37. The van der Waals surface area contributed by atoms with E-state index in [9.17, 15) is 5.11 Å². The quantitative estimate of drug-likeness (QED) is 0.371. The third-order valence-electron chi connectivity index (χ3n) is 4.85. The van der Waals surface area contributed by atoms with Crippen LogP contribution in [0.1, 0.15) is 70.3 Å². The number of aliphatic hydroxyl groups is 1. The van der Waals surface area contributed by atoms with Crippen molar-refractivity contribution >= 4 is 0 Å². The van der Waals surface area contributed by atoms with Crippen LogP contribution in [0, 0.1) is 0 Å². The van der Waals surface area contributed by atoms with Gasteiger partial charge in [-0.1, -0.05) is 82.2 Å². The smallest absolute Gasteiger partial charge is 0.104 e. The first-order valence-electron chi connectivity index (χ1n) is 9.68. The second kappa shape index (κ2) is 12.5. The summed E-state index contributed by atoms with van der Waals surface area (Å²) in [6, 6.07) is 10.7. The van der Waals surface area contributed by atoms with Crippen molar-refractivity contribution in [3.63, 3.8) is 0 Å². The number of quaternary nitrogens is 1. The molecule has 0 saturated carbocycles. The molecule has 0 amide bonds. The lowest BCUT2D eigenvalue weighted by molar-refractivity contribution is -0.923. The average Bonchev–Trinajstić information content (AvgIpc) is 2.54. The van der Waals surface area contributed by atoms with Gasteiger partial charge in [-0.05, 0) is 12.8 Å². The summed E-state index contributed by atoms with van der Waals surface area (Å²) in [5.74, 6) is 0. The second-order valence-electron chi connectivity index (χ2n) is 7.26. The number of aliphatic hydroxyl groups excluding tert-OH is 1. The zero-order valence-corrected chi connectivity index (χ0v) is 15.5. The van der Waals surface area contributed by atoms with Gasteiger partial charge in [-0.15, -0.1) is 0 Å². The van der Waals surface area contributed by atoms with E-state index in [4.69, 9.17) is 0 Å². The number of hydrogen-bond acceptors (Lipinski definition) is 1. The maximum Gasteiger partial charge on any atom is 0.104 e. The van der Waals surface area contributed by atoms with Crippen LogP contribution in [0.15, 0.2) is 30.3 Å². The van der Waals surface area contributed by atoms with Crippen LogP contribution in [-0.4, -0.2) is 36.3 Å². The maximum absolute atomic E-state index is 9.41. The van der Waals surface area contributed by atoms with Crippen LogP contribution in [0.2, 0.25) is 0 Å². The van der Waals surface area contributed by atoms with Crippen LogP contribution in [0.4, 0.5) is 0 Å². The third kappa shape index (κ3) is 9.78. The Morgan fingerprint density at radius 2 is 1.35 bits per heavy atom. The molecule has 23 heavy (non-hydrogen) atoms. The molecule has 1 N–H and O–H groups in total. The van der Waals surface area contributed by atoms with E-state index in [1.54, 1.807) is 0 Å². The molecule has 0 aliphatic rings. The molecule has 1 aromatic rings. The molecule has 1 unspecified atom stereocenters. The molecule has 0 aromatic heterocycles. The fourth-order valence-corrected chi connectivity index (χ4v) is 3.34. The van der Waals surface area contributed by atoms with Crippen molar-refractivity contribution in [3.05, 3.63) is 35.9 Å². The van der Waals surface area contributed by atoms with Crippen LogP contribution < -0.4 is 0 Å². The molecule has 2 nitrogen and oxygen atoms in total. The normalized spacial score (nSPS) is 13.9. The van der Waals surface area contributed by atoms with Crippen molar-refractivity contribution in [1.82, 2.24) is 0 Å². The standard InChI is InChI=1S/C21H38NO/c1-3-4-5-6-7-8-9-10-14-17-22(2,18-19-23)20-21-15-12-11-13-16-21/h11-13,15-16,23H,3-10,14,17-20H2,1-2H3/q+1. The van der Waals surface area contributed by atoms with E-state index in [0.29, 0.717) is 0 Å². The van der Waals surface area contributed by atoms with E-state index in [1.165, 1.54) is 69.9 Å². The van der Waals surface area contributed by atoms with E-state index in [2.05, 4.69) is 44.3 Å². The van der Waals surface area contributed by atoms with Crippen molar-refractivity contribution in [3.8, 4) is 0 Å². The Morgan fingerprint density at radius 3 is 1.91 bits per heavy atom. The van der Waals surface area contributed by atoms with Gasteiger partial charge in [-0.25, -0.2) is 0 Å². The Hall–Kier alpha value is -0.860. The predicted octanol–water partition coefficient (Wildman–Crippen LogP) is 5.16. The summed E-state index contributed by atoms with van der Waals surface area (Å²) < 4.78 is 0.955. The van der Waals surface area contributed by atoms with Crippen LogP contribution >= 0.6 is 0 Å². The van der Waals surface area contributed by atoms with Gasteiger partial charge in [0.05, 0.1) is 20.2 Å². The molecule has 1 aromatic carbocycles. The average molecular weight is 321 g/mol. The predicted molar refractivity (Wildman–Crippen MR) is 100 cm³/mol. The summed E-state index contributed by atoms with van der Waals surface area (Å²) in [7, 11) is 2.29. The molecule has 1 rings (SSSR count). The Labute approximate surface area is 144 Å². The van der Waals surface area contributed by atoms with Gasteiger partial charge in [0.1, 0.15) is 13.1 Å². The van der Waals surface area contributed by atoms with E-state index in [-0.39, 0.29) is 6.61 Å². The monoisotopic (exact) mass is 320 g/mol. The van der Waals surface area contributed by atoms with E-state index in [1.807, 2.05) is 0 Å². The van der Waals surface area contributed by atoms with Crippen LogP contribution in [0.3, 0.4) is 0 Å². The topological polar surface area (TPSA) is 20.2 Å². The lowest BCUT2D eigenvalue weighted by atomic mass is 10.1. The maximum atomic E-state index is 9.41. The highest BCUT2D eigenvalue weighted by Gasteiger charge is 2.20. The Bertz CT molecular complexity index is 379. The number of likely N-dealkylation sites (N-methyl/N-ethyl adjacent to an activating group) is 1. The number of hydrogen-bond donors (Lipinski definition) is 1.